The van der Waals surface area contributed by atoms with E-state index in [0.29, 0.717) is 0 Å². The summed E-state index contributed by atoms with van der Waals surface area (Å²) in [6, 6.07) is 4.76. The number of H-pyrrole nitrogens is 1. The Labute approximate surface area is 89.8 Å². The van der Waals surface area contributed by atoms with Crippen molar-refractivity contribution in [1.82, 2.24) is 4.98 Å². The first-order chi connectivity index (χ1) is 6.81. The smallest absolute Gasteiger partial charge is 0.125 e. The van der Waals surface area contributed by atoms with Gasteiger partial charge >= 0.3 is 0 Å². The SMILES string of the molecule is Fc1ccc2c(C=CCBr)c[nH]c2c1. The van der Waals surface area contributed by atoms with Gasteiger partial charge in [0.1, 0.15) is 5.82 Å². The number of alkyl halides is 1. The van der Waals surface area contributed by atoms with Crippen molar-refractivity contribution in [3.63, 3.8) is 0 Å². The van der Waals surface area contributed by atoms with E-state index < -0.39 is 0 Å². The molecule has 0 amide bonds. The van der Waals surface area contributed by atoms with Crippen LogP contribution in [-0.4, -0.2) is 10.3 Å². The Morgan fingerprint density at radius 3 is 3.07 bits per heavy atom. The number of halogens is 2. The van der Waals surface area contributed by atoms with Crippen LogP contribution < -0.4 is 0 Å². The van der Waals surface area contributed by atoms with Gasteiger partial charge in [-0.15, -0.1) is 0 Å². The number of hydrogen-bond donors (Lipinski definition) is 1. The van der Waals surface area contributed by atoms with Crippen LogP contribution in [0, 0.1) is 5.82 Å². The lowest BCUT2D eigenvalue weighted by atomic mass is 10.1. The predicted molar refractivity (Wildman–Crippen MR) is 61.1 cm³/mol. The van der Waals surface area contributed by atoms with Gasteiger partial charge < -0.3 is 4.98 Å². The van der Waals surface area contributed by atoms with E-state index in [1.54, 1.807) is 6.07 Å². The third kappa shape index (κ3) is 1.73. The number of benzene rings is 1. The van der Waals surface area contributed by atoms with Gasteiger partial charge in [0, 0.05) is 22.4 Å². The van der Waals surface area contributed by atoms with Crippen LogP contribution in [0.5, 0.6) is 0 Å². The van der Waals surface area contributed by atoms with Gasteiger partial charge in [-0.25, -0.2) is 4.39 Å². The largest absolute Gasteiger partial charge is 0.360 e. The lowest BCUT2D eigenvalue weighted by Gasteiger charge is -1.91. The highest BCUT2D eigenvalue weighted by atomic mass is 79.9. The van der Waals surface area contributed by atoms with Crippen molar-refractivity contribution in [2.45, 2.75) is 0 Å². The minimum atomic E-state index is -0.213. The number of fused-ring (bicyclic) bond motifs is 1. The molecule has 1 N–H and O–H groups in total. The van der Waals surface area contributed by atoms with E-state index in [1.165, 1.54) is 12.1 Å². The molecule has 0 aliphatic heterocycles. The van der Waals surface area contributed by atoms with Crippen molar-refractivity contribution < 1.29 is 4.39 Å². The van der Waals surface area contributed by atoms with Crippen LogP contribution in [0.3, 0.4) is 0 Å². The van der Waals surface area contributed by atoms with Crippen LogP contribution >= 0.6 is 15.9 Å². The Morgan fingerprint density at radius 2 is 2.29 bits per heavy atom. The highest BCUT2D eigenvalue weighted by molar-refractivity contribution is 9.09. The number of nitrogens with one attached hydrogen (secondary N) is 1. The summed E-state index contributed by atoms with van der Waals surface area (Å²) in [6.07, 6.45) is 5.89. The van der Waals surface area contributed by atoms with Crippen molar-refractivity contribution >= 4 is 32.9 Å². The molecule has 0 fully saturated rings. The van der Waals surface area contributed by atoms with Crippen LogP contribution in [-0.2, 0) is 0 Å². The minimum absolute atomic E-state index is 0.213. The Balaban J connectivity index is 2.53. The van der Waals surface area contributed by atoms with Crippen LogP contribution in [0.15, 0.2) is 30.5 Å². The zero-order valence-corrected chi connectivity index (χ0v) is 9.01. The molecule has 72 valence electrons. The van der Waals surface area contributed by atoms with Gasteiger partial charge in [-0.2, -0.15) is 0 Å². The van der Waals surface area contributed by atoms with E-state index in [4.69, 9.17) is 0 Å². The molecule has 0 spiro atoms. The first-order valence-electron chi connectivity index (χ1n) is 4.30. The Morgan fingerprint density at radius 1 is 1.43 bits per heavy atom. The molecule has 0 saturated carbocycles. The van der Waals surface area contributed by atoms with E-state index in [-0.39, 0.29) is 5.82 Å². The number of aromatic amines is 1. The molecule has 1 aromatic carbocycles. The molecular formula is C11H9BrFN. The van der Waals surface area contributed by atoms with Gasteiger partial charge in [-0.05, 0) is 23.8 Å². The predicted octanol–water partition coefficient (Wildman–Crippen LogP) is 3.72. The summed E-state index contributed by atoms with van der Waals surface area (Å²) in [5, 5.41) is 1.87. The van der Waals surface area contributed by atoms with Crippen molar-refractivity contribution in [2.75, 3.05) is 5.33 Å². The number of aromatic nitrogens is 1. The lowest BCUT2D eigenvalue weighted by Crippen LogP contribution is -1.73. The van der Waals surface area contributed by atoms with E-state index in [2.05, 4.69) is 20.9 Å². The molecule has 0 bridgehead atoms. The fourth-order valence-electron chi connectivity index (χ4n) is 1.43. The molecule has 1 heterocycles. The zero-order valence-electron chi connectivity index (χ0n) is 7.43. The van der Waals surface area contributed by atoms with Gasteiger partial charge in [0.15, 0.2) is 0 Å². The van der Waals surface area contributed by atoms with E-state index in [1.807, 2.05) is 18.3 Å². The monoisotopic (exact) mass is 253 g/mol. The second-order valence-corrected chi connectivity index (χ2v) is 3.64. The number of allylic oxidation sites excluding steroid dienone is 1. The van der Waals surface area contributed by atoms with Crippen LogP contribution in [0.4, 0.5) is 4.39 Å². The standard InChI is InChI=1S/C11H9BrFN/c12-5-1-2-8-7-14-11-6-9(13)3-4-10(8)11/h1-4,6-7,14H,5H2. The average molecular weight is 254 g/mol. The molecule has 1 aromatic heterocycles. The number of rotatable bonds is 2. The maximum absolute atomic E-state index is 12.9. The van der Waals surface area contributed by atoms with E-state index in [0.717, 1.165) is 21.8 Å². The van der Waals surface area contributed by atoms with E-state index >= 15 is 0 Å². The minimum Gasteiger partial charge on any atom is -0.360 e. The molecule has 0 radical (unpaired) electrons. The third-order valence-electron chi connectivity index (χ3n) is 2.06. The molecule has 0 saturated heterocycles. The summed E-state index contributed by atoms with van der Waals surface area (Å²) in [5.74, 6) is -0.213. The van der Waals surface area contributed by atoms with Crippen molar-refractivity contribution in [3.8, 4) is 0 Å². The molecule has 0 aliphatic carbocycles. The fourth-order valence-corrected chi connectivity index (χ4v) is 1.62. The molecule has 1 nitrogen and oxygen atoms in total. The molecule has 14 heavy (non-hydrogen) atoms. The third-order valence-corrected chi connectivity index (χ3v) is 2.44. The van der Waals surface area contributed by atoms with Crippen molar-refractivity contribution in [3.05, 3.63) is 41.9 Å². The van der Waals surface area contributed by atoms with Gasteiger partial charge in [-0.1, -0.05) is 28.1 Å². The van der Waals surface area contributed by atoms with Crippen LogP contribution in [0.25, 0.3) is 17.0 Å². The van der Waals surface area contributed by atoms with Gasteiger partial charge in [0.25, 0.3) is 0 Å². The summed E-state index contributed by atoms with van der Waals surface area (Å²) >= 11 is 3.31. The molecule has 3 heteroatoms. The second-order valence-electron chi connectivity index (χ2n) is 2.99. The summed E-state index contributed by atoms with van der Waals surface area (Å²) in [5.41, 5.74) is 1.92. The van der Waals surface area contributed by atoms with Crippen LogP contribution in [0.2, 0.25) is 0 Å². The van der Waals surface area contributed by atoms with Crippen molar-refractivity contribution in [2.24, 2.45) is 0 Å². The Bertz CT molecular complexity index is 473. The summed E-state index contributed by atoms with van der Waals surface area (Å²) in [4.78, 5) is 3.03. The first-order valence-corrected chi connectivity index (χ1v) is 5.42. The van der Waals surface area contributed by atoms with Crippen molar-refractivity contribution in [1.29, 1.82) is 0 Å². The summed E-state index contributed by atoms with van der Waals surface area (Å²) < 4.78 is 12.9. The van der Waals surface area contributed by atoms with Gasteiger partial charge in [0.2, 0.25) is 0 Å². The van der Waals surface area contributed by atoms with Crippen LogP contribution in [0.1, 0.15) is 5.56 Å². The molecule has 0 atom stereocenters. The summed E-state index contributed by atoms with van der Waals surface area (Å²) in [7, 11) is 0. The zero-order chi connectivity index (χ0) is 9.97. The average Bonchev–Trinajstić information content (AvgIpc) is 2.57. The molecule has 0 unspecified atom stereocenters. The first kappa shape index (κ1) is 9.46. The van der Waals surface area contributed by atoms with Gasteiger partial charge in [0.05, 0.1) is 0 Å². The molecule has 2 aromatic rings. The summed E-state index contributed by atoms with van der Waals surface area (Å²) in [6.45, 7) is 0. The Kier molecular flexibility index (Phi) is 2.68. The maximum Gasteiger partial charge on any atom is 0.125 e. The molecule has 0 aliphatic rings. The van der Waals surface area contributed by atoms with Gasteiger partial charge in [-0.3, -0.25) is 0 Å². The topological polar surface area (TPSA) is 15.8 Å². The normalized spacial score (nSPS) is 11.6. The number of hydrogen-bond acceptors (Lipinski definition) is 0. The van der Waals surface area contributed by atoms with E-state index in [9.17, 15) is 4.39 Å². The Hall–Kier alpha value is -1.09. The highest BCUT2D eigenvalue weighted by Gasteiger charge is 2.00. The lowest BCUT2D eigenvalue weighted by molar-refractivity contribution is 0.629. The highest BCUT2D eigenvalue weighted by Crippen LogP contribution is 2.20. The molecular weight excluding hydrogens is 245 g/mol. The fraction of sp³-hybridized carbons (Fsp3) is 0.0909. The molecule has 2 rings (SSSR count). The maximum atomic E-state index is 12.9. The second kappa shape index (κ2) is 3.96. The quantitative estimate of drug-likeness (QED) is 0.786.